The van der Waals surface area contributed by atoms with Crippen molar-refractivity contribution in [3.05, 3.63) is 34.5 Å². The second-order valence-corrected chi connectivity index (χ2v) is 3.23. The molecule has 0 fully saturated rings. The highest BCUT2D eigenvalue weighted by molar-refractivity contribution is 7.10. The van der Waals surface area contributed by atoms with Gasteiger partial charge in [-0.2, -0.15) is 0 Å². The van der Waals surface area contributed by atoms with Crippen LogP contribution in [0, 0.1) is 6.92 Å². The lowest BCUT2D eigenvalue weighted by Crippen LogP contribution is -2.03. The monoisotopic (exact) mass is 153 g/mol. The summed E-state index contributed by atoms with van der Waals surface area (Å²) in [5, 5.41) is 2.10. The lowest BCUT2D eigenvalue weighted by Gasteiger charge is -1.99. The molecule has 0 saturated heterocycles. The number of rotatable bonds is 2. The van der Waals surface area contributed by atoms with Gasteiger partial charge in [0.1, 0.15) is 0 Å². The summed E-state index contributed by atoms with van der Waals surface area (Å²) in [4.78, 5) is 1.19. The zero-order chi connectivity index (χ0) is 7.56. The SMILES string of the molecule is C=C[C@@H](N)c1cc(C)cs1. The molecule has 1 nitrogen and oxygen atoms in total. The lowest BCUT2D eigenvalue weighted by atomic mass is 10.2. The van der Waals surface area contributed by atoms with Crippen LogP contribution < -0.4 is 5.73 Å². The third kappa shape index (κ3) is 1.46. The Balaban J connectivity index is 2.84. The molecule has 0 bridgehead atoms. The molecule has 0 aliphatic heterocycles. The van der Waals surface area contributed by atoms with Crippen LogP contribution in [-0.4, -0.2) is 0 Å². The molecule has 0 spiro atoms. The van der Waals surface area contributed by atoms with E-state index in [1.54, 1.807) is 17.4 Å². The topological polar surface area (TPSA) is 26.0 Å². The van der Waals surface area contributed by atoms with Gasteiger partial charge in [0, 0.05) is 4.88 Å². The predicted molar refractivity (Wildman–Crippen MR) is 46.2 cm³/mol. The standard InChI is InChI=1S/C8H11NS/c1-3-7(9)8-4-6(2)5-10-8/h3-5,7H,1,9H2,2H3/t7-/m1/s1. The van der Waals surface area contributed by atoms with Gasteiger partial charge in [0.2, 0.25) is 0 Å². The van der Waals surface area contributed by atoms with E-state index in [9.17, 15) is 0 Å². The van der Waals surface area contributed by atoms with Crippen molar-refractivity contribution in [2.45, 2.75) is 13.0 Å². The molecule has 0 aromatic carbocycles. The fraction of sp³-hybridized carbons (Fsp3) is 0.250. The van der Waals surface area contributed by atoms with Gasteiger partial charge in [0.25, 0.3) is 0 Å². The summed E-state index contributed by atoms with van der Waals surface area (Å²) >= 11 is 1.69. The number of aryl methyl sites for hydroxylation is 1. The van der Waals surface area contributed by atoms with Gasteiger partial charge in [-0.1, -0.05) is 6.08 Å². The van der Waals surface area contributed by atoms with E-state index in [2.05, 4.69) is 24.9 Å². The molecule has 0 aliphatic carbocycles. The maximum absolute atomic E-state index is 5.70. The van der Waals surface area contributed by atoms with Crippen molar-refractivity contribution in [1.82, 2.24) is 0 Å². The van der Waals surface area contributed by atoms with Gasteiger partial charge < -0.3 is 5.73 Å². The van der Waals surface area contributed by atoms with Crippen molar-refractivity contribution in [2.24, 2.45) is 5.73 Å². The highest BCUT2D eigenvalue weighted by Gasteiger charge is 2.01. The highest BCUT2D eigenvalue weighted by Crippen LogP contribution is 2.20. The summed E-state index contributed by atoms with van der Waals surface area (Å²) in [5.41, 5.74) is 6.98. The summed E-state index contributed by atoms with van der Waals surface area (Å²) < 4.78 is 0. The Labute approximate surface area is 65.2 Å². The van der Waals surface area contributed by atoms with Crippen LogP contribution in [0.2, 0.25) is 0 Å². The van der Waals surface area contributed by atoms with Gasteiger partial charge >= 0.3 is 0 Å². The molecular weight excluding hydrogens is 142 g/mol. The van der Waals surface area contributed by atoms with Gasteiger partial charge in [-0.15, -0.1) is 17.9 Å². The van der Waals surface area contributed by atoms with Crippen molar-refractivity contribution in [1.29, 1.82) is 0 Å². The minimum Gasteiger partial charge on any atom is -0.320 e. The molecule has 10 heavy (non-hydrogen) atoms. The van der Waals surface area contributed by atoms with Crippen molar-refractivity contribution in [2.75, 3.05) is 0 Å². The van der Waals surface area contributed by atoms with Gasteiger partial charge in [-0.05, 0) is 23.9 Å². The fourth-order valence-electron chi connectivity index (χ4n) is 0.744. The lowest BCUT2D eigenvalue weighted by molar-refractivity contribution is 0.939. The molecular formula is C8H11NS. The van der Waals surface area contributed by atoms with Gasteiger partial charge in [0.05, 0.1) is 6.04 Å². The highest BCUT2D eigenvalue weighted by atomic mass is 32.1. The average Bonchev–Trinajstić information content (AvgIpc) is 2.34. The number of thiophene rings is 1. The Morgan fingerprint density at radius 2 is 2.50 bits per heavy atom. The molecule has 1 rings (SSSR count). The Hall–Kier alpha value is -0.600. The van der Waals surface area contributed by atoms with Crippen LogP contribution in [-0.2, 0) is 0 Å². The maximum Gasteiger partial charge on any atom is 0.0573 e. The molecule has 0 amide bonds. The summed E-state index contributed by atoms with van der Waals surface area (Å²) in [6, 6.07) is 2.11. The van der Waals surface area contributed by atoms with Crippen LogP contribution in [0.15, 0.2) is 24.1 Å². The van der Waals surface area contributed by atoms with Crippen LogP contribution in [0.25, 0.3) is 0 Å². The Morgan fingerprint density at radius 1 is 1.80 bits per heavy atom. The van der Waals surface area contributed by atoms with Crippen molar-refractivity contribution >= 4 is 11.3 Å². The quantitative estimate of drug-likeness (QED) is 0.648. The maximum atomic E-state index is 5.70. The number of nitrogens with two attached hydrogens (primary N) is 1. The normalized spacial score (nSPS) is 13.0. The van der Waals surface area contributed by atoms with E-state index in [4.69, 9.17) is 5.73 Å². The van der Waals surface area contributed by atoms with Crippen molar-refractivity contribution in [3.63, 3.8) is 0 Å². The first-order valence-electron chi connectivity index (χ1n) is 3.17. The second kappa shape index (κ2) is 2.99. The molecule has 1 aromatic rings. The van der Waals surface area contributed by atoms with Crippen LogP contribution in [0.3, 0.4) is 0 Å². The third-order valence-corrected chi connectivity index (χ3v) is 2.49. The molecule has 54 valence electrons. The summed E-state index contributed by atoms with van der Waals surface area (Å²) in [6.45, 7) is 5.69. The molecule has 2 heteroatoms. The van der Waals surface area contributed by atoms with Crippen LogP contribution >= 0.6 is 11.3 Å². The van der Waals surface area contributed by atoms with Crippen molar-refractivity contribution < 1.29 is 0 Å². The molecule has 0 unspecified atom stereocenters. The zero-order valence-corrected chi connectivity index (χ0v) is 6.82. The van der Waals surface area contributed by atoms with Crippen molar-refractivity contribution in [3.8, 4) is 0 Å². The number of hydrogen-bond acceptors (Lipinski definition) is 2. The Bertz CT molecular complexity index is 227. The van der Waals surface area contributed by atoms with Crippen LogP contribution in [0.5, 0.6) is 0 Å². The molecule has 0 aliphatic rings. The minimum absolute atomic E-state index is 0.0127. The van der Waals surface area contributed by atoms with E-state index < -0.39 is 0 Å². The Morgan fingerprint density at radius 3 is 2.90 bits per heavy atom. The van der Waals surface area contributed by atoms with E-state index in [0.29, 0.717) is 0 Å². The predicted octanol–water partition coefficient (Wildman–Crippen LogP) is 2.24. The molecule has 1 aromatic heterocycles. The molecule has 0 saturated carbocycles. The average molecular weight is 153 g/mol. The smallest absolute Gasteiger partial charge is 0.0573 e. The van der Waals surface area contributed by atoms with Crippen LogP contribution in [0.1, 0.15) is 16.5 Å². The first-order valence-corrected chi connectivity index (χ1v) is 4.05. The molecule has 0 radical (unpaired) electrons. The molecule has 1 heterocycles. The number of hydrogen-bond donors (Lipinski definition) is 1. The van der Waals surface area contributed by atoms with E-state index in [1.165, 1.54) is 10.4 Å². The third-order valence-electron chi connectivity index (χ3n) is 1.33. The van der Waals surface area contributed by atoms with Gasteiger partial charge in [0.15, 0.2) is 0 Å². The first-order chi connectivity index (χ1) is 4.74. The van der Waals surface area contributed by atoms with Gasteiger partial charge in [-0.25, -0.2) is 0 Å². The van der Waals surface area contributed by atoms with E-state index in [1.807, 2.05) is 0 Å². The van der Waals surface area contributed by atoms with E-state index >= 15 is 0 Å². The summed E-state index contributed by atoms with van der Waals surface area (Å²) in [6.07, 6.45) is 1.76. The molecule has 1 atom stereocenters. The summed E-state index contributed by atoms with van der Waals surface area (Å²) in [5.74, 6) is 0. The second-order valence-electron chi connectivity index (χ2n) is 2.29. The first kappa shape index (κ1) is 7.51. The summed E-state index contributed by atoms with van der Waals surface area (Å²) in [7, 11) is 0. The van der Waals surface area contributed by atoms with Crippen LogP contribution in [0.4, 0.5) is 0 Å². The largest absolute Gasteiger partial charge is 0.320 e. The zero-order valence-electron chi connectivity index (χ0n) is 6.00. The molecule has 2 N–H and O–H groups in total. The van der Waals surface area contributed by atoms with E-state index in [0.717, 1.165) is 0 Å². The fourth-order valence-corrected chi connectivity index (χ4v) is 1.64. The van der Waals surface area contributed by atoms with E-state index in [-0.39, 0.29) is 6.04 Å². The van der Waals surface area contributed by atoms with Gasteiger partial charge in [-0.3, -0.25) is 0 Å². The minimum atomic E-state index is 0.0127. The Kier molecular flexibility index (Phi) is 2.25.